The van der Waals surface area contributed by atoms with E-state index in [2.05, 4.69) is 12.2 Å². The molecule has 0 aliphatic heterocycles. The van der Waals surface area contributed by atoms with Gasteiger partial charge in [0.15, 0.2) is 12.4 Å². The van der Waals surface area contributed by atoms with Crippen LogP contribution in [-0.2, 0) is 20.7 Å². The highest BCUT2D eigenvalue weighted by Gasteiger charge is 2.14. The van der Waals surface area contributed by atoms with E-state index in [1.807, 2.05) is 12.1 Å². The van der Waals surface area contributed by atoms with E-state index in [9.17, 15) is 24.5 Å². The van der Waals surface area contributed by atoms with Crippen LogP contribution in [0.15, 0.2) is 42.5 Å². The third-order valence-electron chi connectivity index (χ3n) is 4.43. The highest BCUT2D eigenvalue weighted by atomic mass is 16.6. The van der Waals surface area contributed by atoms with Gasteiger partial charge in [0.25, 0.3) is 11.6 Å². The standard InChI is InChI=1S/C22H24N2O6/c1-3-4-16-5-7-17(8-6-16)20(25)11-12-22(27)30-14-21(26)23-19-10-9-18(24(28)29)13-15(19)2/h5-10,13H,3-4,11-12,14H2,1-2H3,(H,23,26). The molecular formula is C22H24N2O6. The zero-order valence-corrected chi connectivity index (χ0v) is 17.0. The Kier molecular flexibility index (Phi) is 8.22. The van der Waals surface area contributed by atoms with Crippen LogP contribution in [0.4, 0.5) is 11.4 Å². The second-order valence-corrected chi connectivity index (χ2v) is 6.84. The number of nitrogens with one attached hydrogen (secondary N) is 1. The number of rotatable bonds is 10. The largest absolute Gasteiger partial charge is 0.456 e. The van der Waals surface area contributed by atoms with E-state index in [-0.39, 0.29) is 24.3 Å². The van der Waals surface area contributed by atoms with E-state index in [1.165, 1.54) is 18.2 Å². The summed E-state index contributed by atoms with van der Waals surface area (Å²) in [5.41, 5.74) is 2.51. The van der Waals surface area contributed by atoms with Crippen molar-refractivity contribution in [2.75, 3.05) is 11.9 Å². The van der Waals surface area contributed by atoms with Crippen LogP contribution >= 0.6 is 0 Å². The predicted octanol–water partition coefficient (Wildman–Crippen LogP) is 4.00. The maximum atomic E-state index is 12.2. The molecule has 158 valence electrons. The first-order valence-corrected chi connectivity index (χ1v) is 9.62. The summed E-state index contributed by atoms with van der Waals surface area (Å²) in [5, 5.41) is 13.3. The van der Waals surface area contributed by atoms with E-state index in [1.54, 1.807) is 19.1 Å². The van der Waals surface area contributed by atoms with Crippen molar-refractivity contribution in [1.29, 1.82) is 0 Å². The SMILES string of the molecule is CCCc1ccc(C(=O)CCC(=O)OCC(=O)Nc2ccc([N+](=O)[O-])cc2C)cc1. The number of hydrogen-bond acceptors (Lipinski definition) is 6. The minimum absolute atomic E-state index is 0.00492. The zero-order chi connectivity index (χ0) is 22.1. The molecule has 0 bridgehead atoms. The van der Waals surface area contributed by atoms with Crippen LogP contribution in [0.2, 0.25) is 0 Å². The number of nitro benzene ring substituents is 1. The van der Waals surface area contributed by atoms with Gasteiger partial charge < -0.3 is 10.1 Å². The number of ketones is 1. The Morgan fingerprint density at radius 3 is 2.37 bits per heavy atom. The molecule has 8 nitrogen and oxygen atoms in total. The third-order valence-corrected chi connectivity index (χ3v) is 4.43. The molecule has 8 heteroatoms. The first kappa shape index (κ1) is 22.7. The number of benzene rings is 2. The molecule has 30 heavy (non-hydrogen) atoms. The number of nitro groups is 1. The topological polar surface area (TPSA) is 116 Å². The maximum absolute atomic E-state index is 12.2. The highest BCUT2D eigenvalue weighted by molar-refractivity contribution is 5.98. The normalized spacial score (nSPS) is 10.3. The number of ether oxygens (including phenoxy) is 1. The van der Waals surface area contributed by atoms with Crippen molar-refractivity contribution in [2.45, 2.75) is 39.5 Å². The fourth-order valence-corrected chi connectivity index (χ4v) is 2.81. The Morgan fingerprint density at radius 1 is 1.07 bits per heavy atom. The number of carbonyl (C=O) groups excluding carboxylic acids is 3. The molecule has 0 heterocycles. The Hall–Kier alpha value is -3.55. The first-order chi connectivity index (χ1) is 14.3. The Balaban J connectivity index is 1.76. The number of carbonyl (C=O) groups is 3. The lowest BCUT2D eigenvalue weighted by molar-refractivity contribution is -0.384. The Labute approximate surface area is 174 Å². The zero-order valence-electron chi connectivity index (χ0n) is 17.0. The summed E-state index contributed by atoms with van der Waals surface area (Å²) in [5.74, 6) is -1.39. The summed E-state index contributed by atoms with van der Waals surface area (Å²) >= 11 is 0. The number of anilines is 1. The van der Waals surface area contributed by atoms with Crippen LogP contribution in [0, 0.1) is 17.0 Å². The molecule has 2 aromatic carbocycles. The van der Waals surface area contributed by atoms with Crippen LogP contribution in [0.3, 0.4) is 0 Å². The second-order valence-electron chi connectivity index (χ2n) is 6.84. The van der Waals surface area contributed by atoms with Gasteiger partial charge in [-0.3, -0.25) is 24.5 Å². The average molecular weight is 412 g/mol. The minimum atomic E-state index is -0.651. The lowest BCUT2D eigenvalue weighted by Gasteiger charge is -2.09. The summed E-state index contributed by atoms with van der Waals surface area (Å²) in [6.45, 7) is 3.20. The number of non-ortho nitro benzene ring substituents is 1. The van der Waals surface area contributed by atoms with Crippen LogP contribution in [0.25, 0.3) is 0 Å². The summed E-state index contributed by atoms with van der Waals surface area (Å²) in [6.07, 6.45) is 1.84. The first-order valence-electron chi connectivity index (χ1n) is 9.62. The van der Waals surface area contributed by atoms with Gasteiger partial charge in [-0.15, -0.1) is 0 Å². The third kappa shape index (κ3) is 6.80. The smallest absolute Gasteiger partial charge is 0.306 e. The number of Topliss-reactive ketones (excluding diaryl/α,β-unsaturated/α-hetero) is 1. The minimum Gasteiger partial charge on any atom is -0.456 e. The van der Waals surface area contributed by atoms with E-state index >= 15 is 0 Å². The number of hydrogen-bond donors (Lipinski definition) is 1. The summed E-state index contributed by atoms with van der Waals surface area (Å²) in [6, 6.07) is 11.3. The highest BCUT2D eigenvalue weighted by Crippen LogP contribution is 2.21. The fraction of sp³-hybridized carbons (Fsp3) is 0.318. The van der Waals surface area contributed by atoms with Gasteiger partial charge in [0, 0.05) is 29.8 Å². The molecule has 0 saturated heterocycles. The molecule has 0 aliphatic carbocycles. The van der Waals surface area contributed by atoms with Gasteiger partial charge in [-0.2, -0.15) is 0 Å². The van der Waals surface area contributed by atoms with Crippen LogP contribution in [-0.4, -0.2) is 29.2 Å². The van der Waals surface area contributed by atoms with Gasteiger partial charge in [0.05, 0.1) is 11.3 Å². The van der Waals surface area contributed by atoms with Gasteiger partial charge in [-0.1, -0.05) is 37.6 Å². The molecule has 0 unspecified atom stereocenters. The number of aryl methyl sites for hydroxylation is 2. The van der Waals surface area contributed by atoms with Gasteiger partial charge in [-0.05, 0) is 30.5 Å². The van der Waals surface area contributed by atoms with Gasteiger partial charge >= 0.3 is 5.97 Å². The fourth-order valence-electron chi connectivity index (χ4n) is 2.81. The van der Waals surface area contributed by atoms with Gasteiger partial charge in [-0.25, -0.2) is 0 Å². The average Bonchev–Trinajstić information content (AvgIpc) is 2.72. The number of esters is 1. The molecule has 0 radical (unpaired) electrons. The van der Waals surface area contributed by atoms with E-state index < -0.39 is 23.4 Å². The van der Waals surface area contributed by atoms with Crippen molar-refractivity contribution in [3.63, 3.8) is 0 Å². The molecule has 0 fully saturated rings. The summed E-state index contributed by atoms with van der Waals surface area (Å²) in [4.78, 5) is 46.2. The van der Waals surface area contributed by atoms with Crippen molar-refractivity contribution in [1.82, 2.24) is 0 Å². The molecule has 0 saturated carbocycles. The van der Waals surface area contributed by atoms with E-state index in [0.717, 1.165) is 18.4 Å². The lowest BCUT2D eigenvalue weighted by Crippen LogP contribution is -2.21. The molecule has 0 atom stereocenters. The van der Waals surface area contributed by atoms with Crippen molar-refractivity contribution in [2.24, 2.45) is 0 Å². The molecule has 2 aromatic rings. The molecular weight excluding hydrogens is 388 g/mol. The van der Waals surface area contributed by atoms with E-state index in [0.29, 0.717) is 16.8 Å². The summed E-state index contributed by atoms with van der Waals surface area (Å²) in [7, 11) is 0. The summed E-state index contributed by atoms with van der Waals surface area (Å²) < 4.78 is 4.90. The molecule has 1 N–H and O–H groups in total. The second kappa shape index (κ2) is 10.8. The molecule has 0 aliphatic rings. The van der Waals surface area contributed by atoms with Crippen molar-refractivity contribution >= 4 is 29.0 Å². The van der Waals surface area contributed by atoms with Crippen LogP contribution in [0.5, 0.6) is 0 Å². The van der Waals surface area contributed by atoms with Crippen molar-refractivity contribution in [3.05, 3.63) is 69.3 Å². The molecule has 0 spiro atoms. The predicted molar refractivity (Wildman–Crippen MR) is 111 cm³/mol. The Bertz CT molecular complexity index is 937. The quantitative estimate of drug-likeness (QED) is 0.273. The molecule has 1 amide bonds. The van der Waals surface area contributed by atoms with Crippen molar-refractivity contribution < 1.29 is 24.0 Å². The van der Waals surface area contributed by atoms with Crippen molar-refractivity contribution in [3.8, 4) is 0 Å². The van der Waals surface area contributed by atoms with Crippen LogP contribution in [0.1, 0.15) is 47.7 Å². The monoisotopic (exact) mass is 412 g/mol. The van der Waals surface area contributed by atoms with Crippen LogP contribution < -0.4 is 5.32 Å². The number of nitrogens with zero attached hydrogens (tertiary/aromatic N) is 1. The van der Waals surface area contributed by atoms with E-state index in [4.69, 9.17) is 4.74 Å². The maximum Gasteiger partial charge on any atom is 0.306 e. The Morgan fingerprint density at radius 2 is 1.77 bits per heavy atom. The lowest BCUT2D eigenvalue weighted by atomic mass is 10.0. The van der Waals surface area contributed by atoms with Gasteiger partial charge in [0.1, 0.15) is 0 Å². The molecule has 2 rings (SSSR count). The molecule has 0 aromatic heterocycles. The number of amides is 1. The van der Waals surface area contributed by atoms with Gasteiger partial charge in [0.2, 0.25) is 0 Å².